The van der Waals surface area contributed by atoms with Gasteiger partial charge in [0, 0.05) is 5.92 Å². The molecule has 0 radical (unpaired) electrons. The number of rotatable bonds is 2. The fourth-order valence-electron chi connectivity index (χ4n) is 3.14. The van der Waals surface area contributed by atoms with Gasteiger partial charge in [0.25, 0.3) is 0 Å². The maximum atomic E-state index is 12.1. The molecule has 2 aliphatic carbocycles. The van der Waals surface area contributed by atoms with E-state index < -0.39 is 10.8 Å². The highest BCUT2D eigenvalue weighted by molar-refractivity contribution is 5.76. The molecule has 0 N–H and O–H groups in total. The van der Waals surface area contributed by atoms with Crippen molar-refractivity contribution in [2.75, 3.05) is 0 Å². The van der Waals surface area contributed by atoms with Gasteiger partial charge in [-0.1, -0.05) is 0 Å². The predicted molar refractivity (Wildman–Crippen MR) is 79.5 cm³/mol. The number of hydrogen-bond donors (Lipinski definition) is 0. The van der Waals surface area contributed by atoms with Crippen molar-refractivity contribution in [1.82, 2.24) is 0 Å². The summed E-state index contributed by atoms with van der Waals surface area (Å²) in [5, 5.41) is 0. The number of fused-ring (bicyclic) bond motifs is 2. The monoisotopic (exact) mass is 296 g/mol. The van der Waals surface area contributed by atoms with E-state index in [-0.39, 0.29) is 30.1 Å². The van der Waals surface area contributed by atoms with Crippen molar-refractivity contribution in [3.63, 3.8) is 0 Å². The quantitative estimate of drug-likeness (QED) is 0.733. The molecule has 0 spiro atoms. The Labute approximate surface area is 127 Å². The van der Waals surface area contributed by atoms with Crippen LogP contribution in [0.2, 0.25) is 0 Å². The fourth-order valence-corrected chi connectivity index (χ4v) is 3.14. The maximum Gasteiger partial charge on any atom is 0.311 e. The molecular formula is C17H28O4. The Morgan fingerprint density at radius 3 is 1.90 bits per heavy atom. The van der Waals surface area contributed by atoms with Crippen molar-refractivity contribution >= 4 is 11.9 Å². The van der Waals surface area contributed by atoms with E-state index >= 15 is 0 Å². The minimum Gasteiger partial charge on any atom is -0.462 e. The lowest BCUT2D eigenvalue weighted by atomic mass is 9.95. The SMILES string of the molecule is CC(C)(C)C(=O)OC1CC2CCC1C2OC(=O)C(C)(C)C. The number of hydrogen-bond acceptors (Lipinski definition) is 4. The molecule has 4 heteroatoms. The zero-order valence-corrected chi connectivity index (χ0v) is 14.1. The molecule has 120 valence electrons. The molecular weight excluding hydrogens is 268 g/mol. The van der Waals surface area contributed by atoms with E-state index in [4.69, 9.17) is 9.47 Å². The summed E-state index contributed by atoms with van der Waals surface area (Å²) >= 11 is 0. The van der Waals surface area contributed by atoms with Crippen molar-refractivity contribution in [3.8, 4) is 0 Å². The summed E-state index contributed by atoms with van der Waals surface area (Å²) in [5.74, 6) is 0.194. The molecule has 0 aromatic rings. The molecule has 4 unspecified atom stereocenters. The smallest absolute Gasteiger partial charge is 0.311 e. The Balaban J connectivity index is 1.99. The van der Waals surface area contributed by atoms with Crippen molar-refractivity contribution in [2.45, 2.75) is 73.0 Å². The van der Waals surface area contributed by atoms with Crippen LogP contribution in [-0.2, 0) is 19.1 Å². The van der Waals surface area contributed by atoms with Crippen LogP contribution in [0.1, 0.15) is 60.8 Å². The van der Waals surface area contributed by atoms with Gasteiger partial charge < -0.3 is 9.47 Å². The minimum absolute atomic E-state index is 0.0745. The molecule has 0 heterocycles. The average molecular weight is 296 g/mol. The van der Waals surface area contributed by atoms with Gasteiger partial charge in [-0.3, -0.25) is 9.59 Å². The first-order valence-electron chi connectivity index (χ1n) is 7.92. The average Bonchev–Trinajstić information content (AvgIpc) is 2.83. The first-order valence-corrected chi connectivity index (χ1v) is 7.92. The van der Waals surface area contributed by atoms with Gasteiger partial charge in [-0.2, -0.15) is 0 Å². The lowest BCUT2D eigenvalue weighted by Gasteiger charge is -2.27. The van der Waals surface area contributed by atoms with Gasteiger partial charge in [-0.15, -0.1) is 0 Å². The van der Waals surface area contributed by atoms with E-state index in [1.165, 1.54) is 0 Å². The Bertz CT molecular complexity index is 427. The summed E-state index contributed by atoms with van der Waals surface area (Å²) in [6.07, 6.45) is 2.71. The first kappa shape index (κ1) is 16.3. The van der Waals surface area contributed by atoms with Crippen LogP contribution in [0.4, 0.5) is 0 Å². The third-order valence-electron chi connectivity index (χ3n) is 4.50. The van der Waals surface area contributed by atoms with Crippen LogP contribution in [0.3, 0.4) is 0 Å². The van der Waals surface area contributed by atoms with Gasteiger partial charge >= 0.3 is 11.9 Å². The van der Waals surface area contributed by atoms with Gasteiger partial charge in [0.1, 0.15) is 12.2 Å². The fraction of sp³-hybridized carbons (Fsp3) is 0.882. The Kier molecular flexibility index (Phi) is 4.11. The van der Waals surface area contributed by atoms with Crippen LogP contribution in [0.5, 0.6) is 0 Å². The zero-order valence-electron chi connectivity index (χ0n) is 14.1. The van der Waals surface area contributed by atoms with Gasteiger partial charge in [0.05, 0.1) is 10.8 Å². The van der Waals surface area contributed by atoms with E-state index in [1.807, 2.05) is 41.5 Å². The minimum atomic E-state index is -0.487. The molecule has 4 atom stereocenters. The molecule has 4 nitrogen and oxygen atoms in total. The molecule has 2 fully saturated rings. The highest BCUT2D eigenvalue weighted by Crippen LogP contribution is 2.48. The van der Waals surface area contributed by atoms with E-state index in [0.29, 0.717) is 5.92 Å². The van der Waals surface area contributed by atoms with Crippen molar-refractivity contribution in [3.05, 3.63) is 0 Å². The molecule has 0 aromatic heterocycles. The van der Waals surface area contributed by atoms with Crippen molar-refractivity contribution < 1.29 is 19.1 Å². The molecule has 0 amide bonds. The van der Waals surface area contributed by atoms with Crippen molar-refractivity contribution in [2.24, 2.45) is 22.7 Å². The normalized spacial score (nSPS) is 32.1. The van der Waals surface area contributed by atoms with Gasteiger partial charge in [0.2, 0.25) is 0 Å². The van der Waals surface area contributed by atoms with Gasteiger partial charge in [0.15, 0.2) is 0 Å². The Morgan fingerprint density at radius 2 is 1.38 bits per heavy atom. The summed E-state index contributed by atoms with van der Waals surface area (Å²) in [6.45, 7) is 11.2. The molecule has 0 saturated heterocycles. The van der Waals surface area contributed by atoms with Crippen LogP contribution in [0, 0.1) is 22.7 Å². The van der Waals surface area contributed by atoms with E-state index in [9.17, 15) is 9.59 Å². The molecule has 2 saturated carbocycles. The van der Waals surface area contributed by atoms with Crippen LogP contribution in [0.15, 0.2) is 0 Å². The predicted octanol–water partition coefficient (Wildman–Crippen LogP) is 3.33. The highest BCUT2D eigenvalue weighted by Gasteiger charge is 2.53. The van der Waals surface area contributed by atoms with Crippen LogP contribution >= 0.6 is 0 Å². The number of carbonyl (C=O) groups is 2. The highest BCUT2D eigenvalue weighted by atomic mass is 16.6. The maximum absolute atomic E-state index is 12.1. The Morgan fingerprint density at radius 1 is 0.857 bits per heavy atom. The summed E-state index contributed by atoms with van der Waals surface area (Å²) in [6, 6.07) is 0. The van der Waals surface area contributed by atoms with E-state index in [2.05, 4.69) is 0 Å². The third kappa shape index (κ3) is 3.41. The summed E-state index contributed by atoms with van der Waals surface area (Å²) in [5.41, 5.74) is -0.973. The standard InChI is InChI=1S/C17H28O4/c1-16(2,3)14(18)20-12-9-10-7-8-11(12)13(10)21-15(19)17(4,5)6/h10-13H,7-9H2,1-6H3. The second kappa shape index (κ2) is 5.29. The molecule has 0 aliphatic heterocycles. The summed E-state index contributed by atoms with van der Waals surface area (Å²) in [7, 11) is 0. The second-order valence-corrected chi connectivity index (χ2v) is 8.55. The largest absolute Gasteiger partial charge is 0.462 e. The van der Waals surface area contributed by atoms with E-state index in [0.717, 1.165) is 19.3 Å². The molecule has 0 aromatic carbocycles. The first-order chi connectivity index (χ1) is 9.50. The number of esters is 2. The van der Waals surface area contributed by atoms with Crippen LogP contribution < -0.4 is 0 Å². The number of ether oxygens (including phenoxy) is 2. The lowest BCUT2D eigenvalue weighted by molar-refractivity contribution is -0.165. The lowest BCUT2D eigenvalue weighted by Crippen LogP contribution is -2.34. The summed E-state index contributed by atoms with van der Waals surface area (Å²) < 4.78 is 11.4. The second-order valence-electron chi connectivity index (χ2n) is 8.55. The van der Waals surface area contributed by atoms with Crippen LogP contribution in [-0.4, -0.2) is 24.1 Å². The summed E-state index contributed by atoms with van der Waals surface area (Å²) in [4.78, 5) is 24.2. The number of carbonyl (C=O) groups excluding carboxylic acids is 2. The van der Waals surface area contributed by atoms with Crippen LogP contribution in [0.25, 0.3) is 0 Å². The third-order valence-corrected chi connectivity index (χ3v) is 4.50. The molecule has 2 rings (SSSR count). The van der Waals surface area contributed by atoms with Crippen molar-refractivity contribution in [1.29, 1.82) is 0 Å². The van der Waals surface area contributed by atoms with Gasteiger partial charge in [-0.25, -0.2) is 0 Å². The van der Waals surface area contributed by atoms with Gasteiger partial charge in [-0.05, 0) is 66.7 Å². The Hall–Kier alpha value is -1.06. The van der Waals surface area contributed by atoms with E-state index in [1.54, 1.807) is 0 Å². The topological polar surface area (TPSA) is 52.6 Å². The molecule has 21 heavy (non-hydrogen) atoms. The molecule has 2 bridgehead atoms. The molecule has 2 aliphatic rings. The zero-order chi connectivity index (χ0) is 16.0.